The van der Waals surface area contributed by atoms with Crippen molar-refractivity contribution in [2.24, 2.45) is 0 Å². The molecule has 21 heavy (non-hydrogen) atoms. The van der Waals surface area contributed by atoms with E-state index in [1.165, 1.54) is 4.70 Å². The monoisotopic (exact) mass is 298 g/mol. The molecule has 3 rings (SSSR count). The minimum absolute atomic E-state index is 0.124. The Bertz CT molecular complexity index is 746. The Morgan fingerprint density at radius 2 is 1.86 bits per heavy atom. The van der Waals surface area contributed by atoms with Crippen LogP contribution in [0.2, 0.25) is 0 Å². The number of benzene rings is 2. The molecule has 0 aliphatic heterocycles. The maximum absolute atomic E-state index is 10.7. The van der Waals surface area contributed by atoms with Crippen molar-refractivity contribution in [1.82, 2.24) is 0 Å². The summed E-state index contributed by atoms with van der Waals surface area (Å²) in [6, 6.07) is 15.8. The minimum atomic E-state index is -0.628. The van der Waals surface area contributed by atoms with E-state index < -0.39 is 6.10 Å². The van der Waals surface area contributed by atoms with Gasteiger partial charge in [0.05, 0.1) is 6.10 Å². The first kappa shape index (κ1) is 14.1. The predicted molar refractivity (Wildman–Crippen MR) is 88.1 cm³/mol. The number of hydrogen-bond donors (Lipinski definition) is 1. The van der Waals surface area contributed by atoms with Crippen LogP contribution < -0.4 is 4.74 Å². The molecular formula is C18H18O2S. The highest BCUT2D eigenvalue weighted by Gasteiger charge is 2.15. The van der Waals surface area contributed by atoms with Crippen molar-refractivity contribution in [1.29, 1.82) is 0 Å². The maximum atomic E-state index is 10.7. The largest absolute Gasteiger partial charge is 0.491 e. The van der Waals surface area contributed by atoms with E-state index in [4.69, 9.17) is 4.74 Å². The fourth-order valence-electron chi connectivity index (χ4n) is 2.42. The summed E-state index contributed by atoms with van der Waals surface area (Å²) in [6.07, 6.45) is -0.503. The highest BCUT2D eigenvalue weighted by molar-refractivity contribution is 7.17. The molecule has 2 aromatic carbocycles. The lowest BCUT2D eigenvalue weighted by Gasteiger charge is -2.14. The molecule has 3 aromatic rings. The Morgan fingerprint density at radius 3 is 2.67 bits per heavy atom. The summed E-state index contributed by atoms with van der Waals surface area (Å²) in [6.45, 7) is 3.99. The van der Waals surface area contributed by atoms with Gasteiger partial charge >= 0.3 is 0 Å². The Morgan fingerprint density at radius 1 is 1.05 bits per heavy atom. The molecule has 3 heteroatoms. The Hall–Kier alpha value is -1.84. The number of rotatable bonds is 4. The van der Waals surface area contributed by atoms with Crippen molar-refractivity contribution in [2.75, 3.05) is 0 Å². The van der Waals surface area contributed by atoms with Crippen LogP contribution in [0.15, 0.2) is 53.9 Å². The highest BCUT2D eigenvalue weighted by atomic mass is 32.1. The molecule has 0 saturated heterocycles. The van der Waals surface area contributed by atoms with Crippen LogP contribution in [0.1, 0.15) is 31.1 Å². The third kappa shape index (κ3) is 2.94. The first-order valence-electron chi connectivity index (χ1n) is 7.06. The zero-order valence-corrected chi connectivity index (χ0v) is 12.9. The first-order chi connectivity index (χ1) is 10.1. The number of fused-ring (bicyclic) bond motifs is 1. The topological polar surface area (TPSA) is 29.5 Å². The van der Waals surface area contributed by atoms with Gasteiger partial charge in [-0.3, -0.25) is 0 Å². The molecule has 0 amide bonds. The molecular weight excluding hydrogens is 280 g/mol. The zero-order chi connectivity index (χ0) is 14.8. The maximum Gasteiger partial charge on any atom is 0.120 e. The molecule has 1 aromatic heterocycles. The average molecular weight is 298 g/mol. The molecule has 0 aliphatic rings. The van der Waals surface area contributed by atoms with Gasteiger partial charge < -0.3 is 9.84 Å². The van der Waals surface area contributed by atoms with Gasteiger partial charge in [-0.15, -0.1) is 11.3 Å². The SMILES string of the molecule is CC(C)Oc1cccc(C(O)c2csc3ccccc23)c1. The molecule has 0 bridgehead atoms. The zero-order valence-electron chi connectivity index (χ0n) is 12.1. The van der Waals surface area contributed by atoms with Gasteiger partial charge in [-0.1, -0.05) is 30.3 Å². The number of hydrogen-bond acceptors (Lipinski definition) is 3. The molecule has 0 fully saturated rings. The Kier molecular flexibility index (Phi) is 3.95. The second-order valence-electron chi connectivity index (χ2n) is 5.33. The molecule has 1 unspecified atom stereocenters. The second-order valence-corrected chi connectivity index (χ2v) is 6.24. The van der Waals surface area contributed by atoms with Crippen molar-refractivity contribution in [3.05, 3.63) is 65.0 Å². The predicted octanol–water partition coefficient (Wildman–Crippen LogP) is 4.77. The molecule has 1 N–H and O–H groups in total. The van der Waals surface area contributed by atoms with E-state index in [2.05, 4.69) is 12.1 Å². The minimum Gasteiger partial charge on any atom is -0.491 e. The summed E-state index contributed by atoms with van der Waals surface area (Å²) in [4.78, 5) is 0. The van der Waals surface area contributed by atoms with Crippen molar-refractivity contribution in [3.63, 3.8) is 0 Å². The molecule has 108 valence electrons. The van der Waals surface area contributed by atoms with Gasteiger partial charge in [0.25, 0.3) is 0 Å². The van der Waals surface area contributed by atoms with Crippen LogP contribution in [0.5, 0.6) is 5.75 Å². The summed E-state index contributed by atoms with van der Waals surface area (Å²) in [5.41, 5.74) is 1.81. The summed E-state index contributed by atoms with van der Waals surface area (Å²) >= 11 is 1.66. The van der Waals surface area contributed by atoms with Gasteiger partial charge in [0.2, 0.25) is 0 Å². The summed E-state index contributed by atoms with van der Waals surface area (Å²) in [5.74, 6) is 0.793. The van der Waals surface area contributed by atoms with Crippen molar-refractivity contribution >= 4 is 21.4 Å². The van der Waals surface area contributed by atoms with Crippen molar-refractivity contribution in [2.45, 2.75) is 26.1 Å². The number of aliphatic hydroxyl groups is 1. The fraction of sp³-hybridized carbons (Fsp3) is 0.222. The van der Waals surface area contributed by atoms with Gasteiger partial charge in [-0.05, 0) is 48.4 Å². The summed E-state index contributed by atoms with van der Waals surface area (Å²) < 4.78 is 6.90. The van der Waals surface area contributed by atoms with Gasteiger partial charge in [0.15, 0.2) is 0 Å². The first-order valence-corrected chi connectivity index (χ1v) is 7.94. The molecule has 0 saturated carbocycles. The molecule has 2 nitrogen and oxygen atoms in total. The van der Waals surface area contributed by atoms with Crippen LogP contribution in [0.3, 0.4) is 0 Å². The van der Waals surface area contributed by atoms with Crippen molar-refractivity contribution in [3.8, 4) is 5.75 Å². The van der Waals surface area contributed by atoms with Gasteiger partial charge in [-0.2, -0.15) is 0 Å². The van der Waals surface area contributed by atoms with E-state index in [1.807, 2.05) is 55.6 Å². The summed E-state index contributed by atoms with van der Waals surface area (Å²) in [5, 5.41) is 13.8. The standard InChI is InChI=1S/C18H18O2S/c1-12(2)20-14-7-5-6-13(10-14)18(19)16-11-21-17-9-4-3-8-15(16)17/h3-12,18-19H,1-2H3. The normalized spacial score (nSPS) is 12.8. The smallest absolute Gasteiger partial charge is 0.120 e. The van der Waals surface area contributed by atoms with Crippen LogP contribution >= 0.6 is 11.3 Å². The van der Waals surface area contributed by atoms with E-state index in [9.17, 15) is 5.11 Å². The molecule has 0 aliphatic carbocycles. The van der Waals surface area contributed by atoms with Crippen LogP contribution in [0, 0.1) is 0 Å². The van der Waals surface area contributed by atoms with Crippen molar-refractivity contribution < 1.29 is 9.84 Å². The van der Waals surface area contributed by atoms with E-state index in [-0.39, 0.29) is 6.10 Å². The highest BCUT2D eigenvalue weighted by Crippen LogP contribution is 2.34. The molecule has 1 heterocycles. The number of ether oxygens (including phenoxy) is 1. The van der Waals surface area contributed by atoms with Crippen LogP contribution in [-0.2, 0) is 0 Å². The third-order valence-electron chi connectivity index (χ3n) is 3.35. The number of thiophene rings is 1. The van der Waals surface area contributed by atoms with E-state index in [1.54, 1.807) is 11.3 Å². The third-order valence-corrected chi connectivity index (χ3v) is 4.33. The average Bonchev–Trinajstić information content (AvgIpc) is 2.90. The molecule has 0 spiro atoms. The van der Waals surface area contributed by atoms with E-state index >= 15 is 0 Å². The van der Waals surface area contributed by atoms with Gasteiger partial charge in [-0.25, -0.2) is 0 Å². The second kappa shape index (κ2) is 5.88. The lowest BCUT2D eigenvalue weighted by atomic mass is 10.0. The molecule has 1 atom stereocenters. The van der Waals surface area contributed by atoms with Crippen LogP contribution in [0.4, 0.5) is 0 Å². The number of aliphatic hydroxyl groups excluding tert-OH is 1. The lowest BCUT2D eigenvalue weighted by Crippen LogP contribution is -2.06. The summed E-state index contributed by atoms with van der Waals surface area (Å²) in [7, 11) is 0. The Labute approximate surface area is 128 Å². The van der Waals surface area contributed by atoms with E-state index in [0.29, 0.717) is 0 Å². The van der Waals surface area contributed by atoms with Gasteiger partial charge in [0, 0.05) is 10.3 Å². The quantitative estimate of drug-likeness (QED) is 0.751. The fourth-order valence-corrected chi connectivity index (χ4v) is 3.40. The van der Waals surface area contributed by atoms with Gasteiger partial charge in [0.1, 0.15) is 11.9 Å². The van der Waals surface area contributed by atoms with Crippen LogP contribution in [-0.4, -0.2) is 11.2 Å². The lowest BCUT2D eigenvalue weighted by molar-refractivity contribution is 0.218. The van der Waals surface area contributed by atoms with Crippen LogP contribution in [0.25, 0.3) is 10.1 Å². The Balaban J connectivity index is 1.96. The molecule has 0 radical (unpaired) electrons. The van der Waals surface area contributed by atoms with E-state index in [0.717, 1.165) is 22.3 Å².